The van der Waals surface area contributed by atoms with Gasteiger partial charge in [0.1, 0.15) is 5.69 Å². The molecule has 1 fully saturated rings. The highest BCUT2D eigenvalue weighted by molar-refractivity contribution is 5.97. The van der Waals surface area contributed by atoms with Gasteiger partial charge < -0.3 is 10.0 Å². The fourth-order valence-electron chi connectivity index (χ4n) is 2.16. The summed E-state index contributed by atoms with van der Waals surface area (Å²) in [6.45, 7) is 2.89. The van der Waals surface area contributed by atoms with E-state index in [1.54, 1.807) is 30.3 Å². The number of carbonyl (C=O) groups excluding carboxylic acids is 1. The molecule has 2 atom stereocenters. The molecule has 1 saturated carbocycles. The third-order valence-electron chi connectivity index (χ3n) is 3.58. The van der Waals surface area contributed by atoms with Gasteiger partial charge in [-0.1, -0.05) is 13.0 Å². The van der Waals surface area contributed by atoms with Gasteiger partial charge >= 0.3 is 5.97 Å². The van der Waals surface area contributed by atoms with Crippen LogP contribution in [0.5, 0.6) is 0 Å². The maximum atomic E-state index is 12.4. The zero-order valence-corrected chi connectivity index (χ0v) is 11.6. The maximum absolute atomic E-state index is 12.4. The fraction of sp³-hybridized carbons (Fsp3) is 0.400. The van der Waals surface area contributed by atoms with Gasteiger partial charge in [0.05, 0.1) is 0 Å². The molecule has 0 bridgehead atoms. The summed E-state index contributed by atoms with van der Waals surface area (Å²) >= 11 is 0. The summed E-state index contributed by atoms with van der Waals surface area (Å²) in [5, 5.41) is 8.67. The van der Waals surface area contributed by atoms with Crippen LogP contribution >= 0.6 is 0 Å². The van der Waals surface area contributed by atoms with Gasteiger partial charge in [0.15, 0.2) is 0 Å². The van der Waals surface area contributed by atoms with Crippen molar-refractivity contribution in [2.45, 2.75) is 13.3 Å². The monoisotopic (exact) mass is 274 g/mol. The molecule has 1 aromatic rings. The van der Waals surface area contributed by atoms with Crippen LogP contribution in [0.4, 0.5) is 0 Å². The topological polar surface area (TPSA) is 70.5 Å². The minimum Gasteiger partial charge on any atom is -0.478 e. The van der Waals surface area contributed by atoms with Crippen molar-refractivity contribution < 1.29 is 14.7 Å². The number of aromatic nitrogens is 1. The molecule has 1 heterocycles. The van der Waals surface area contributed by atoms with Crippen molar-refractivity contribution in [3.63, 3.8) is 0 Å². The molecular formula is C15H18N2O3. The number of amides is 1. The molecule has 1 N–H and O–H groups in total. The summed E-state index contributed by atoms with van der Waals surface area (Å²) in [4.78, 5) is 28.7. The van der Waals surface area contributed by atoms with Crippen LogP contribution in [0.3, 0.4) is 0 Å². The average Bonchev–Trinajstić information content (AvgIpc) is 3.11. The van der Waals surface area contributed by atoms with Crippen LogP contribution in [0.1, 0.15) is 29.4 Å². The van der Waals surface area contributed by atoms with Crippen molar-refractivity contribution in [3.8, 4) is 0 Å². The van der Waals surface area contributed by atoms with E-state index in [0.717, 1.165) is 19.0 Å². The highest BCUT2D eigenvalue weighted by atomic mass is 16.4. The van der Waals surface area contributed by atoms with E-state index in [0.29, 0.717) is 23.1 Å². The first-order chi connectivity index (χ1) is 9.49. The van der Waals surface area contributed by atoms with E-state index in [9.17, 15) is 9.59 Å². The molecule has 1 aliphatic rings. The van der Waals surface area contributed by atoms with Gasteiger partial charge in [0, 0.05) is 31.4 Å². The molecule has 2 unspecified atom stereocenters. The van der Waals surface area contributed by atoms with Gasteiger partial charge in [0.2, 0.25) is 0 Å². The Labute approximate surface area is 117 Å². The van der Waals surface area contributed by atoms with Crippen molar-refractivity contribution in [2.75, 3.05) is 13.6 Å². The number of carboxylic acids is 1. The van der Waals surface area contributed by atoms with Crippen LogP contribution in [0.25, 0.3) is 6.08 Å². The number of carboxylic acid groups (broad SMARTS) is 1. The summed E-state index contributed by atoms with van der Waals surface area (Å²) in [5.41, 5.74) is 0.816. The molecule has 1 amide bonds. The summed E-state index contributed by atoms with van der Waals surface area (Å²) in [5.74, 6) is 0.0354. The lowest BCUT2D eigenvalue weighted by Crippen LogP contribution is -2.30. The minimum atomic E-state index is -1.05. The summed E-state index contributed by atoms with van der Waals surface area (Å²) in [6, 6.07) is 3.37. The number of pyridine rings is 1. The Morgan fingerprint density at radius 2 is 2.25 bits per heavy atom. The van der Waals surface area contributed by atoms with E-state index in [4.69, 9.17) is 5.11 Å². The molecule has 1 aromatic heterocycles. The molecule has 5 heteroatoms. The Hall–Kier alpha value is -2.17. The maximum Gasteiger partial charge on any atom is 0.328 e. The van der Waals surface area contributed by atoms with Crippen LogP contribution in [0.15, 0.2) is 24.4 Å². The lowest BCUT2D eigenvalue weighted by molar-refractivity contribution is -0.131. The zero-order valence-electron chi connectivity index (χ0n) is 11.6. The lowest BCUT2D eigenvalue weighted by Gasteiger charge is -2.17. The molecule has 0 aliphatic heterocycles. The van der Waals surface area contributed by atoms with E-state index < -0.39 is 5.97 Å². The summed E-state index contributed by atoms with van der Waals surface area (Å²) < 4.78 is 0. The second kappa shape index (κ2) is 5.86. The molecule has 1 aliphatic carbocycles. The Morgan fingerprint density at radius 1 is 1.55 bits per heavy atom. The second-order valence-corrected chi connectivity index (χ2v) is 5.27. The zero-order chi connectivity index (χ0) is 14.7. The van der Waals surface area contributed by atoms with E-state index in [2.05, 4.69) is 11.9 Å². The molecule has 106 valence electrons. The smallest absolute Gasteiger partial charge is 0.328 e. The minimum absolute atomic E-state index is 0.172. The van der Waals surface area contributed by atoms with Crippen LogP contribution < -0.4 is 0 Å². The number of hydrogen-bond donors (Lipinski definition) is 1. The van der Waals surface area contributed by atoms with Crippen LogP contribution in [-0.2, 0) is 4.79 Å². The first-order valence-corrected chi connectivity index (χ1v) is 6.60. The Balaban J connectivity index is 2.14. The van der Waals surface area contributed by atoms with E-state index in [1.165, 1.54) is 6.08 Å². The normalized spacial score (nSPS) is 20.9. The SMILES string of the molecule is CC1CC1CN(C)C(=O)c1ncccc1/C=C/C(=O)O. The Morgan fingerprint density at radius 3 is 2.85 bits per heavy atom. The number of nitrogens with zero attached hydrogens (tertiary/aromatic N) is 2. The largest absolute Gasteiger partial charge is 0.478 e. The number of aliphatic carboxylic acids is 1. The first kappa shape index (κ1) is 14.2. The highest BCUT2D eigenvalue weighted by Crippen LogP contribution is 2.38. The van der Waals surface area contributed by atoms with E-state index >= 15 is 0 Å². The molecule has 0 aromatic carbocycles. The van der Waals surface area contributed by atoms with Crippen molar-refractivity contribution in [1.82, 2.24) is 9.88 Å². The number of hydrogen-bond acceptors (Lipinski definition) is 3. The molecule has 2 rings (SSSR count). The molecular weight excluding hydrogens is 256 g/mol. The predicted molar refractivity (Wildman–Crippen MR) is 75.1 cm³/mol. The highest BCUT2D eigenvalue weighted by Gasteiger charge is 2.34. The summed E-state index contributed by atoms with van der Waals surface area (Å²) in [7, 11) is 1.76. The Bertz CT molecular complexity index is 554. The molecule has 20 heavy (non-hydrogen) atoms. The third-order valence-corrected chi connectivity index (χ3v) is 3.58. The van der Waals surface area contributed by atoms with Gasteiger partial charge in [-0.3, -0.25) is 9.78 Å². The molecule has 0 saturated heterocycles. The van der Waals surface area contributed by atoms with Crippen molar-refractivity contribution in [1.29, 1.82) is 0 Å². The van der Waals surface area contributed by atoms with Crippen molar-refractivity contribution in [3.05, 3.63) is 35.7 Å². The predicted octanol–water partition coefficient (Wildman–Crippen LogP) is 1.91. The summed E-state index contributed by atoms with van der Waals surface area (Å²) in [6.07, 6.45) is 5.11. The third kappa shape index (κ3) is 3.44. The van der Waals surface area contributed by atoms with Crippen LogP contribution in [0.2, 0.25) is 0 Å². The van der Waals surface area contributed by atoms with E-state index in [1.807, 2.05) is 0 Å². The van der Waals surface area contributed by atoms with Gasteiger partial charge in [-0.15, -0.1) is 0 Å². The molecule has 0 spiro atoms. The van der Waals surface area contributed by atoms with Gasteiger partial charge in [0.25, 0.3) is 5.91 Å². The van der Waals surface area contributed by atoms with Gasteiger partial charge in [-0.05, 0) is 30.4 Å². The second-order valence-electron chi connectivity index (χ2n) is 5.27. The Kier molecular flexibility index (Phi) is 4.17. The van der Waals surface area contributed by atoms with Crippen molar-refractivity contribution >= 4 is 18.0 Å². The molecule has 5 nitrogen and oxygen atoms in total. The van der Waals surface area contributed by atoms with Gasteiger partial charge in [-0.25, -0.2) is 4.79 Å². The first-order valence-electron chi connectivity index (χ1n) is 6.60. The van der Waals surface area contributed by atoms with Gasteiger partial charge in [-0.2, -0.15) is 0 Å². The average molecular weight is 274 g/mol. The van der Waals surface area contributed by atoms with Crippen molar-refractivity contribution in [2.24, 2.45) is 11.8 Å². The van der Waals surface area contributed by atoms with Crippen LogP contribution in [-0.4, -0.2) is 40.5 Å². The van der Waals surface area contributed by atoms with Crippen LogP contribution in [0, 0.1) is 11.8 Å². The fourth-order valence-corrected chi connectivity index (χ4v) is 2.16. The lowest BCUT2D eigenvalue weighted by atomic mass is 10.1. The standard InChI is InChI=1S/C15H18N2O3/c1-10-8-12(10)9-17(2)15(20)14-11(4-3-7-16-14)5-6-13(18)19/h3-7,10,12H,8-9H2,1-2H3,(H,18,19)/b6-5+. The van der Waals surface area contributed by atoms with E-state index in [-0.39, 0.29) is 5.91 Å². The molecule has 0 radical (unpaired) electrons. The number of carbonyl (C=O) groups is 2. The number of rotatable bonds is 5. The quantitative estimate of drug-likeness (QED) is 0.833.